The Balaban J connectivity index is 1.52. The quantitative estimate of drug-likeness (QED) is 0.744. The van der Waals surface area contributed by atoms with Gasteiger partial charge in [-0.3, -0.25) is 18.8 Å². The Hall–Kier alpha value is -2.58. The Morgan fingerprint density at radius 3 is 2.37 bits per heavy atom. The van der Waals surface area contributed by atoms with Crippen molar-refractivity contribution in [3.63, 3.8) is 0 Å². The first-order valence-electron chi connectivity index (χ1n) is 9.06. The summed E-state index contributed by atoms with van der Waals surface area (Å²) in [5, 5.41) is 10.2. The minimum atomic E-state index is -0.579. The summed E-state index contributed by atoms with van der Waals surface area (Å²) in [6, 6.07) is 10.9. The summed E-state index contributed by atoms with van der Waals surface area (Å²) >= 11 is 0. The second kappa shape index (κ2) is 8.41. The lowest BCUT2D eigenvalue weighted by atomic mass is 10.2. The molecule has 1 atom stereocenters. The molecule has 1 aromatic heterocycles. The number of benzene rings is 1. The Morgan fingerprint density at radius 2 is 1.70 bits per heavy atom. The summed E-state index contributed by atoms with van der Waals surface area (Å²) < 4.78 is 8.19. The maximum absolute atomic E-state index is 12.1. The molecule has 1 saturated heterocycles. The van der Waals surface area contributed by atoms with E-state index in [1.54, 1.807) is 7.05 Å². The van der Waals surface area contributed by atoms with Crippen LogP contribution in [0.1, 0.15) is 0 Å². The lowest BCUT2D eigenvalue weighted by Crippen LogP contribution is -2.51. The van der Waals surface area contributed by atoms with E-state index < -0.39 is 6.10 Å². The van der Waals surface area contributed by atoms with Crippen LogP contribution in [-0.2, 0) is 14.1 Å². The molecule has 1 aliphatic heterocycles. The van der Waals surface area contributed by atoms with Gasteiger partial charge in [0, 0.05) is 52.9 Å². The number of para-hydroxylation sites is 1. The van der Waals surface area contributed by atoms with Gasteiger partial charge in [0.05, 0.1) is 0 Å². The van der Waals surface area contributed by atoms with Crippen LogP contribution in [0.25, 0.3) is 0 Å². The van der Waals surface area contributed by atoms with Gasteiger partial charge in [0.2, 0.25) is 0 Å². The number of aromatic nitrogens is 2. The maximum Gasteiger partial charge on any atom is 0.332 e. The third-order valence-corrected chi connectivity index (χ3v) is 4.85. The number of piperazine rings is 1. The van der Waals surface area contributed by atoms with E-state index in [2.05, 4.69) is 4.90 Å². The molecule has 0 amide bonds. The van der Waals surface area contributed by atoms with Crippen molar-refractivity contribution in [3.05, 3.63) is 57.2 Å². The van der Waals surface area contributed by atoms with Gasteiger partial charge in [-0.1, -0.05) is 18.2 Å². The van der Waals surface area contributed by atoms with Gasteiger partial charge in [0.15, 0.2) is 0 Å². The number of hydrogen-bond acceptors (Lipinski definition) is 6. The number of β-amino-alcohol motifs (C(OH)–C–C–N with tert-alkyl or cyclic N) is 1. The molecule has 1 N–H and O–H groups in total. The van der Waals surface area contributed by atoms with Crippen LogP contribution in [0.3, 0.4) is 0 Å². The van der Waals surface area contributed by atoms with Crippen molar-refractivity contribution in [1.29, 1.82) is 0 Å². The molecule has 146 valence electrons. The maximum atomic E-state index is 12.1. The van der Waals surface area contributed by atoms with Gasteiger partial charge in [0.25, 0.3) is 5.56 Å². The van der Waals surface area contributed by atoms with Crippen LogP contribution >= 0.6 is 0 Å². The van der Waals surface area contributed by atoms with E-state index in [1.807, 2.05) is 35.2 Å². The predicted octanol–water partition coefficient (Wildman–Crippen LogP) is -0.354. The van der Waals surface area contributed by atoms with E-state index >= 15 is 0 Å². The number of ether oxygens (including phenoxy) is 1. The van der Waals surface area contributed by atoms with Crippen LogP contribution in [-0.4, -0.2) is 64.6 Å². The lowest BCUT2D eigenvalue weighted by Gasteiger charge is -2.37. The number of hydrogen-bond donors (Lipinski definition) is 1. The highest BCUT2D eigenvalue weighted by Crippen LogP contribution is 2.13. The van der Waals surface area contributed by atoms with Crippen LogP contribution in [0.4, 0.5) is 5.82 Å². The number of rotatable bonds is 6. The molecule has 1 unspecified atom stereocenters. The highest BCUT2D eigenvalue weighted by atomic mass is 16.5. The zero-order valence-electron chi connectivity index (χ0n) is 15.7. The molecule has 1 fully saturated rings. The van der Waals surface area contributed by atoms with Crippen molar-refractivity contribution in [1.82, 2.24) is 14.0 Å². The van der Waals surface area contributed by atoms with E-state index in [4.69, 9.17) is 4.74 Å². The van der Waals surface area contributed by atoms with Gasteiger partial charge in [-0.2, -0.15) is 0 Å². The van der Waals surface area contributed by atoms with E-state index in [0.717, 1.165) is 23.4 Å². The predicted molar refractivity (Wildman–Crippen MR) is 104 cm³/mol. The van der Waals surface area contributed by atoms with Gasteiger partial charge in [0.1, 0.15) is 24.3 Å². The van der Waals surface area contributed by atoms with Crippen LogP contribution in [0.2, 0.25) is 0 Å². The molecule has 2 heterocycles. The van der Waals surface area contributed by atoms with Crippen LogP contribution in [0, 0.1) is 0 Å². The first kappa shape index (κ1) is 19.2. The zero-order chi connectivity index (χ0) is 19.4. The Kier molecular flexibility index (Phi) is 5.98. The van der Waals surface area contributed by atoms with Gasteiger partial charge in [-0.05, 0) is 12.1 Å². The Morgan fingerprint density at radius 1 is 1.04 bits per heavy atom. The average Bonchev–Trinajstić information content (AvgIpc) is 2.69. The monoisotopic (exact) mass is 374 g/mol. The van der Waals surface area contributed by atoms with Crippen LogP contribution in [0.5, 0.6) is 5.75 Å². The average molecular weight is 374 g/mol. The van der Waals surface area contributed by atoms with Crippen molar-refractivity contribution in [2.75, 3.05) is 44.2 Å². The summed E-state index contributed by atoms with van der Waals surface area (Å²) in [5.74, 6) is 1.38. The van der Waals surface area contributed by atoms with Crippen molar-refractivity contribution in [3.8, 4) is 5.75 Å². The molecule has 1 aliphatic rings. The molecule has 0 saturated carbocycles. The second-order valence-electron chi connectivity index (χ2n) is 6.81. The second-order valence-corrected chi connectivity index (χ2v) is 6.81. The topological polar surface area (TPSA) is 79.9 Å². The molecule has 0 aliphatic carbocycles. The normalized spacial score (nSPS) is 16.3. The number of anilines is 1. The van der Waals surface area contributed by atoms with Gasteiger partial charge >= 0.3 is 5.69 Å². The van der Waals surface area contributed by atoms with Crippen molar-refractivity contribution in [2.24, 2.45) is 14.1 Å². The largest absolute Gasteiger partial charge is 0.491 e. The smallest absolute Gasteiger partial charge is 0.332 e. The summed E-state index contributed by atoms with van der Waals surface area (Å²) in [6.45, 7) is 3.63. The fourth-order valence-electron chi connectivity index (χ4n) is 3.24. The third-order valence-electron chi connectivity index (χ3n) is 4.85. The Bertz CT molecular complexity index is 870. The molecule has 0 radical (unpaired) electrons. The molecule has 1 aromatic carbocycles. The van der Waals surface area contributed by atoms with Crippen molar-refractivity contribution >= 4 is 5.82 Å². The van der Waals surface area contributed by atoms with Crippen LogP contribution in [0.15, 0.2) is 46.0 Å². The molecule has 8 nitrogen and oxygen atoms in total. The first-order chi connectivity index (χ1) is 13.0. The van der Waals surface area contributed by atoms with Gasteiger partial charge in [-0.15, -0.1) is 0 Å². The number of nitrogens with zero attached hydrogens (tertiary/aromatic N) is 4. The summed E-state index contributed by atoms with van der Waals surface area (Å²) in [6.07, 6.45) is -0.579. The lowest BCUT2D eigenvalue weighted by molar-refractivity contribution is 0.0662. The SMILES string of the molecule is Cn1c(N2CCN(CC(O)COc3ccccc3)CC2)cc(=O)n(C)c1=O. The van der Waals surface area contributed by atoms with E-state index in [1.165, 1.54) is 17.7 Å². The molecule has 2 aromatic rings. The molecule has 27 heavy (non-hydrogen) atoms. The fourth-order valence-corrected chi connectivity index (χ4v) is 3.24. The van der Waals surface area contributed by atoms with Crippen LogP contribution < -0.4 is 20.9 Å². The molecule has 3 rings (SSSR count). The minimum absolute atomic E-state index is 0.244. The third kappa shape index (κ3) is 4.58. The standard InChI is InChI=1S/C19H26N4O4/c1-20-17(12-18(25)21(2)19(20)26)23-10-8-22(9-11-23)13-15(24)14-27-16-6-4-3-5-7-16/h3-7,12,15,24H,8-11,13-14H2,1-2H3. The fraction of sp³-hybridized carbons (Fsp3) is 0.474. The zero-order valence-corrected chi connectivity index (χ0v) is 15.7. The van der Waals surface area contributed by atoms with Crippen molar-refractivity contribution in [2.45, 2.75) is 6.10 Å². The van der Waals surface area contributed by atoms with E-state index in [0.29, 0.717) is 25.5 Å². The molecular weight excluding hydrogens is 348 g/mol. The molecule has 0 spiro atoms. The number of aliphatic hydroxyl groups is 1. The van der Waals surface area contributed by atoms with Crippen molar-refractivity contribution < 1.29 is 9.84 Å². The van der Waals surface area contributed by atoms with Gasteiger partial charge in [-0.25, -0.2) is 4.79 Å². The van der Waals surface area contributed by atoms with E-state index in [9.17, 15) is 14.7 Å². The first-order valence-corrected chi connectivity index (χ1v) is 9.06. The van der Waals surface area contributed by atoms with Gasteiger partial charge < -0.3 is 14.7 Å². The molecule has 0 bridgehead atoms. The molecule has 8 heteroatoms. The highest BCUT2D eigenvalue weighted by molar-refractivity contribution is 5.38. The summed E-state index contributed by atoms with van der Waals surface area (Å²) in [5.41, 5.74) is -0.627. The Labute approximate surface area is 157 Å². The minimum Gasteiger partial charge on any atom is -0.491 e. The molecular formula is C19H26N4O4. The summed E-state index contributed by atoms with van der Waals surface area (Å²) in [4.78, 5) is 28.2. The summed E-state index contributed by atoms with van der Waals surface area (Å²) in [7, 11) is 3.15. The number of aliphatic hydroxyl groups excluding tert-OH is 1. The van der Waals surface area contributed by atoms with E-state index in [-0.39, 0.29) is 17.9 Å². The highest BCUT2D eigenvalue weighted by Gasteiger charge is 2.22.